The zero-order chi connectivity index (χ0) is 15.1. The van der Waals surface area contributed by atoms with Crippen molar-refractivity contribution in [2.45, 2.75) is 37.1 Å². The zero-order valence-electron chi connectivity index (χ0n) is 12.5. The quantitative estimate of drug-likeness (QED) is 0.849. The van der Waals surface area contributed by atoms with Crippen molar-refractivity contribution in [1.82, 2.24) is 10.2 Å². The molecule has 0 unspecified atom stereocenters. The number of rotatable bonds is 6. The molecular weight excluding hydrogens is 284 g/mol. The van der Waals surface area contributed by atoms with Crippen LogP contribution in [0.4, 0.5) is 4.79 Å². The Hall–Kier alpha value is -1.20. The number of nitrogens with one attached hydrogen (secondary N) is 1. The second-order valence-electron chi connectivity index (χ2n) is 5.39. The van der Waals surface area contributed by atoms with Gasteiger partial charge >= 0.3 is 6.03 Å². The monoisotopic (exact) mass is 308 g/mol. The molecule has 1 fully saturated rings. The first-order valence-electron chi connectivity index (χ1n) is 7.47. The van der Waals surface area contributed by atoms with Gasteiger partial charge in [-0.15, -0.1) is 0 Å². The van der Waals surface area contributed by atoms with Crippen LogP contribution in [0.5, 0.6) is 0 Å². The van der Waals surface area contributed by atoms with Crippen LogP contribution in [-0.2, 0) is 6.54 Å². The summed E-state index contributed by atoms with van der Waals surface area (Å²) in [5.74, 6) is 0. The van der Waals surface area contributed by atoms with Gasteiger partial charge in [-0.05, 0) is 24.7 Å². The van der Waals surface area contributed by atoms with Crippen LogP contribution in [0, 0.1) is 0 Å². The van der Waals surface area contributed by atoms with E-state index in [1.165, 1.54) is 12.8 Å². The van der Waals surface area contributed by atoms with Crippen molar-refractivity contribution in [3.8, 4) is 0 Å². The number of carbonyl (C=O) groups is 1. The van der Waals surface area contributed by atoms with Crippen LogP contribution in [0.15, 0.2) is 30.3 Å². The molecule has 21 heavy (non-hydrogen) atoms. The van der Waals surface area contributed by atoms with Crippen LogP contribution in [-0.4, -0.2) is 46.7 Å². The number of benzene rings is 1. The Kier molecular flexibility index (Phi) is 6.39. The lowest BCUT2D eigenvalue weighted by atomic mass is 10.2. The molecule has 0 saturated heterocycles. The van der Waals surface area contributed by atoms with E-state index in [4.69, 9.17) is 0 Å². The van der Waals surface area contributed by atoms with Gasteiger partial charge in [0.2, 0.25) is 0 Å². The van der Waals surface area contributed by atoms with Crippen LogP contribution in [0.1, 0.15) is 24.8 Å². The highest BCUT2D eigenvalue weighted by atomic mass is 32.2. The fraction of sp³-hybridized carbons (Fsp3) is 0.562. The lowest BCUT2D eigenvalue weighted by Gasteiger charge is -2.26. The van der Waals surface area contributed by atoms with Crippen molar-refractivity contribution in [3.05, 3.63) is 35.9 Å². The van der Waals surface area contributed by atoms with E-state index >= 15 is 0 Å². The van der Waals surface area contributed by atoms with Gasteiger partial charge in [-0.1, -0.05) is 36.8 Å². The molecule has 0 heterocycles. The minimum atomic E-state index is -0.0705. The lowest BCUT2D eigenvalue weighted by Crippen LogP contribution is -2.47. The van der Waals surface area contributed by atoms with Gasteiger partial charge in [0, 0.05) is 24.4 Å². The molecule has 1 aliphatic carbocycles. The molecule has 1 saturated carbocycles. The minimum absolute atomic E-state index is 0.0170. The predicted molar refractivity (Wildman–Crippen MR) is 87.4 cm³/mol. The molecule has 2 N–H and O–H groups in total. The number of aliphatic hydroxyl groups is 1. The molecule has 2 atom stereocenters. The molecule has 0 aliphatic heterocycles. The maximum atomic E-state index is 12.4. The van der Waals surface area contributed by atoms with Gasteiger partial charge < -0.3 is 15.3 Å². The molecule has 116 valence electrons. The fourth-order valence-electron chi connectivity index (χ4n) is 2.80. The number of hydrogen-bond acceptors (Lipinski definition) is 3. The predicted octanol–water partition coefficient (Wildman–Crippen LogP) is 2.47. The van der Waals surface area contributed by atoms with Crippen LogP contribution < -0.4 is 5.32 Å². The highest BCUT2D eigenvalue weighted by Gasteiger charge is 2.29. The standard InChI is InChI=1S/C16H24N2O2S/c1-21-15-9-5-8-14(15)17-16(20)18(10-11-19)12-13-6-3-2-4-7-13/h2-4,6-7,14-15,19H,5,8-12H2,1H3,(H,17,20)/t14-,15-/m1/s1. The van der Waals surface area contributed by atoms with Crippen LogP contribution in [0.3, 0.4) is 0 Å². The highest BCUT2D eigenvalue weighted by molar-refractivity contribution is 7.99. The molecule has 0 radical (unpaired) electrons. The Balaban J connectivity index is 1.95. The van der Waals surface area contributed by atoms with E-state index in [9.17, 15) is 9.90 Å². The summed E-state index contributed by atoms with van der Waals surface area (Å²) >= 11 is 1.83. The topological polar surface area (TPSA) is 52.6 Å². The Bertz CT molecular complexity index is 441. The number of carbonyl (C=O) groups excluding carboxylic acids is 1. The number of amides is 2. The maximum absolute atomic E-state index is 12.4. The van der Waals surface area contributed by atoms with Crippen molar-refractivity contribution in [2.75, 3.05) is 19.4 Å². The van der Waals surface area contributed by atoms with Gasteiger partial charge in [0.05, 0.1) is 6.61 Å². The summed E-state index contributed by atoms with van der Waals surface area (Å²) in [5, 5.41) is 12.9. The first-order chi connectivity index (χ1) is 10.2. The Morgan fingerprint density at radius 1 is 1.38 bits per heavy atom. The van der Waals surface area contributed by atoms with Gasteiger partial charge in [0.15, 0.2) is 0 Å². The minimum Gasteiger partial charge on any atom is -0.395 e. The highest BCUT2D eigenvalue weighted by Crippen LogP contribution is 2.28. The average molecular weight is 308 g/mol. The Labute approximate surface area is 130 Å². The van der Waals surface area contributed by atoms with Crippen molar-refractivity contribution in [1.29, 1.82) is 0 Å². The summed E-state index contributed by atoms with van der Waals surface area (Å²) < 4.78 is 0. The molecule has 5 heteroatoms. The van der Waals surface area contributed by atoms with Crippen LogP contribution in [0.25, 0.3) is 0 Å². The Morgan fingerprint density at radius 3 is 2.81 bits per heavy atom. The maximum Gasteiger partial charge on any atom is 0.318 e. The molecule has 0 spiro atoms. The second-order valence-corrected chi connectivity index (χ2v) is 6.47. The van der Waals surface area contributed by atoms with E-state index in [2.05, 4.69) is 11.6 Å². The van der Waals surface area contributed by atoms with Gasteiger partial charge in [0.1, 0.15) is 0 Å². The second kappa shape index (κ2) is 8.29. The van der Waals surface area contributed by atoms with Crippen molar-refractivity contribution < 1.29 is 9.90 Å². The van der Waals surface area contributed by atoms with E-state index in [1.54, 1.807) is 4.90 Å². The Morgan fingerprint density at radius 2 is 2.14 bits per heavy atom. The van der Waals surface area contributed by atoms with E-state index in [0.29, 0.717) is 18.3 Å². The van der Waals surface area contributed by atoms with E-state index in [-0.39, 0.29) is 18.7 Å². The third-order valence-corrected chi connectivity index (χ3v) is 5.11. The number of urea groups is 1. The number of nitrogens with zero attached hydrogens (tertiary/aromatic N) is 1. The lowest BCUT2D eigenvalue weighted by molar-refractivity contribution is 0.171. The van der Waals surface area contributed by atoms with E-state index < -0.39 is 0 Å². The average Bonchev–Trinajstić information content (AvgIpc) is 2.95. The zero-order valence-corrected chi connectivity index (χ0v) is 13.3. The van der Waals surface area contributed by atoms with Gasteiger partial charge in [-0.2, -0.15) is 11.8 Å². The normalized spacial score (nSPS) is 21.2. The van der Waals surface area contributed by atoms with Crippen molar-refractivity contribution in [2.24, 2.45) is 0 Å². The molecule has 4 nitrogen and oxygen atoms in total. The number of hydrogen-bond donors (Lipinski definition) is 2. The van der Waals surface area contributed by atoms with Gasteiger partial charge in [-0.25, -0.2) is 4.79 Å². The van der Waals surface area contributed by atoms with E-state index in [0.717, 1.165) is 12.0 Å². The summed E-state index contributed by atoms with van der Waals surface area (Å²) in [6, 6.07) is 10.1. The van der Waals surface area contributed by atoms with Gasteiger partial charge in [-0.3, -0.25) is 0 Å². The summed E-state index contributed by atoms with van der Waals surface area (Å²) in [6.45, 7) is 0.873. The number of aliphatic hydroxyl groups excluding tert-OH is 1. The smallest absolute Gasteiger partial charge is 0.318 e. The van der Waals surface area contributed by atoms with E-state index in [1.807, 2.05) is 42.1 Å². The first-order valence-corrected chi connectivity index (χ1v) is 8.76. The van der Waals surface area contributed by atoms with Crippen molar-refractivity contribution >= 4 is 17.8 Å². The molecule has 0 bridgehead atoms. The third kappa shape index (κ3) is 4.64. The third-order valence-electron chi connectivity index (χ3n) is 3.94. The molecule has 2 amide bonds. The first kappa shape index (κ1) is 16.2. The van der Waals surface area contributed by atoms with Crippen LogP contribution >= 0.6 is 11.8 Å². The molecule has 1 aliphatic rings. The van der Waals surface area contributed by atoms with Crippen molar-refractivity contribution in [3.63, 3.8) is 0 Å². The summed E-state index contributed by atoms with van der Waals surface area (Å²) in [5.41, 5.74) is 1.08. The molecule has 2 rings (SSSR count). The molecular formula is C16H24N2O2S. The van der Waals surface area contributed by atoms with Crippen LogP contribution in [0.2, 0.25) is 0 Å². The summed E-state index contributed by atoms with van der Waals surface area (Å²) in [6.07, 6.45) is 5.50. The molecule has 1 aromatic rings. The largest absolute Gasteiger partial charge is 0.395 e. The summed E-state index contributed by atoms with van der Waals surface area (Å²) in [4.78, 5) is 14.1. The summed E-state index contributed by atoms with van der Waals surface area (Å²) in [7, 11) is 0. The molecule has 1 aromatic carbocycles. The number of thioether (sulfide) groups is 1. The fourth-order valence-corrected chi connectivity index (χ4v) is 3.74. The van der Waals surface area contributed by atoms with Gasteiger partial charge in [0.25, 0.3) is 0 Å². The molecule has 0 aromatic heterocycles. The SMILES string of the molecule is CS[C@@H]1CCC[C@H]1NC(=O)N(CCO)Cc1ccccc1.